The van der Waals surface area contributed by atoms with E-state index < -0.39 is 15.9 Å². The number of fused-ring (bicyclic) bond motifs is 1. The van der Waals surface area contributed by atoms with Crippen LogP contribution in [-0.4, -0.2) is 31.1 Å². The van der Waals surface area contributed by atoms with Crippen molar-refractivity contribution in [2.45, 2.75) is 44.6 Å². The molecule has 2 aromatic rings. The molecule has 28 heavy (non-hydrogen) atoms. The van der Waals surface area contributed by atoms with Crippen LogP contribution < -0.4 is 5.32 Å². The standard InChI is InChI=1S/C21H24N2O4S/c1-14-10-11-15(2)18(13-14)16(3)22-20(24)9-6-12-23-21(25)17-7-4-5-8-19(17)28(23,26)27/h4-5,7-8,10-11,13,16H,6,9,12H2,1-3H3,(H,22,24)/t16-/m0/s1. The van der Waals surface area contributed by atoms with Gasteiger partial charge in [-0.25, -0.2) is 12.7 Å². The van der Waals surface area contributed by atoms with Gasteiger partial charge in [0.1, 0.15) is 4.90 Å². The van der Waals surface area contributed by atoms with Gasteiger partial charge in [-0.15, -0.1) is 0 Å². The second kappa shape index (κ2) is 7.75. The fourth-order valence-electron chi connectivity index (χ4n) is 3.45. The molecule has 1 N–H and O–H groups in total. The average Bonchev–Trinajstić information content (AvgIpc) is 2.84. The molecule has 1 atom stereocenters. The molecular formula is C21H24N2O4S. The molecule has 0 saturated carbocycles. The van der Waals surface area contributed by atoms with E-state index in [4.69, 9.17) is 0 Å². The fraction of sp³-hybridized carbons (Fsp3) is 0.333. The number of aryl methyl sites for hydroxylation is 2. The summed E-state index contributed by atoms with van der Waals surface area (Å²) in [4.78, 5) is 24.7. The highest BCUT2D eigenvalue weighted by Gasteiger charge is 2.40. The molecule has 0 fully saturated rings. The van der Waals surface area contributed by atoms with E-state index in [1.54, 1.807) is 12.1 Å². The van der Waals surface area contributed by atoms with Crippen LogP contribution in [0.5, 0.6) is 0 Å². The maximum atomic E-state index is 12.5. The van der Waals surface area contributed by atoms with Crippen LogP contribution in [0.3, 0.4) is 0 Å². The highest BCUT2D eigenvalue weighted by molar-refractivity contribution is 7.90. The van der Waals surface area contributed by atoms with E-state index >= 15 is 0 Å². The van der Waals surface area contributed by atoms with Crippen molar-refractivity contribution in [3.8, 4) is 0 Å². The third-order valence-corrected chi connectivity index (χ3v) is 6.80. The molecular weight excluding hydrogens is 376 g/mol. The molecule has 1 heterocycles. The molecule has 1 aliphatic heterocycles. The summed E-state index contributed by atoms with van der Waals surface area (Å²) in [5.74, 6) is -0.699. The van der Waals surface area contributed by atoms with Crippen molar-refractivity contribution in [1.82, 2.24) is 9.62 Å². The lowest BCUT2D eigenvalue weighted by atomic mass is 10.00. The molecule has 0 radical (unpaired) electrons. The number of nitrogens with one attached hydrogen (secondary N) is 1. The zero-order chi connectivity index (χ0) is 20.5. The van der Waals surface area contributed by atoms with Crippen LogP contribution in [0.15, 0.2) is 47.4 Å². The SMILES string of the molecule is Cc1ccc(C)c([C@H](C)NC(=O)CCCN2C(=O)c3ccccc3S2(=O)=O)c1. The van der Waals surface area contributed by atoms with Gasteiger partial charge in [0, 0.05) is 13.0 Å². The normalized spacial score (nSPS) is 16.0. The minimum Gasteiger partial charge on any atom is -0.350 e. The van der Waals surface area contributed by atoms with Gasteiger partial charge in [-0.1, -0.05) is 35.9 Å². The van der Waals surface area contributed by atoms with Gasteiger partial charge in [0.15, 0.2) is 0 Å². The van der Waals surface area contributed by atoms with Crippen LogP contribution in [0.2, 0.25) is 0 Å². The number of carbonyl (C=O) groups excluding carboxylic acids is 2. The third kappa shape index (κ3) is 3.80. The summed E-state index contributed by atoms with van der Waals surface area (Å²) in [7, 11) is -3.82. The molecule has 0 unspecified atom stereocenters. The Morgan fingerprint density at radius 1 is 1.14 bits per heavy atom. The van der Waals surface area contributed by atoms with Crippen LogP contribution in [0.25, 0.3) is 0 Å². The summed E-state index contributed by atoms with van der Waals surface area (Å²) >= 11 is 0. The minimum atomic E-state index is -3.82. The van der Waals surface area contributed by atoms with Gasteiger partial charge in [-0.3, -0.25) is 9.59 Å². The molecule has 2 amide bonds. The summed E-state index contributed by atoms with van der Waals surface area (Å²) in [6, 6.07) is 12.1. The summed E-state index contributed by atoms with van der Waals surface area (Å²) < 4.78 is 25.9. The largest absolute Gasteiger partial charge is 0.350 e. The van der Waals surface area contributed by atoms with Gasteiger partial charge >= 0.3 is 0 Å². The molecule has 0 saturated heterocycles. The second-order valence-corrected chi connectivity index (χ2v) is 8.96. The zero-order valence-corrected chi connectivity index (χ0v) is 17.0. The maximum Gasteiger partial charge on any atom is 0.269 e. The minimum absolute atomic E-state index is 0.0128. The van der Waals surface area contributed by atoms with Gasteiger partial charge in [0.25, 0.3) is 15.9 Å². The van der Waals surface area contributed by atoms with E-state index in [1.165, 1.54) is 12.1 Å². The van der Waals surface area contributed by atoms with Gasteiger partial charge in [0.05, 0.1) is 11.6 Å². The smallest absolute Gasteiger partial charge is 0.269 e. The van der Waals surface area contributed by atoms with Crippen molar-refractivity contribution in [3.63, 3.8) is 0 Å². The summed E-state index contributed by atoms with van der Waals surface area (Å²) in [6.45, 7) is 5.91. The van der Waals surface area contributed by atoms with E-state index in [-0.39, 0.29) is 41.8 Å². The molecule has 6 nitrogen and oxygen atoms in total. The number of amides is 2. The van der Waals surface area contributed by atoms with Gasteiger partial charge in [0.2, 0.25) is 5.91 Å². The molecule has 0 aliphatic carbocycles. The Morgan fingerprint density at radius 3 is 2.57 bits per heavy atom. The molecule has 7 heteroatoms. The Hall–Kier alpha value is -2.67. The first-order chi connectivity index (χ1) is 13.2. The second-order valence-electron chi connectivity index (χ2n) is 7.13. The lowest BCUT2D eigenvalue weighted by Crippen LogP contribution is -2.32. The Bertz CT molecular complexity index is 1030. The first kappa shape index (κ1) is 20.1. The van der Waals surface area contributed by atoms with Crippen molar-refractivity contribution < 1.29 is 18.0 Å². The van der Waals surface area contributed by atoms with Crippen LogP contribution >= 0.6 is 0 Å². The topological polar surface area (TPSA) is 83.6 Å². The van der Waals surface area contributed by atoms with E-state index in [2.05, 4.69) is 5.32 Å². The number of hydrogen-bond acceptors (Lipinski definition) is 4. The predicted octanol–water partition coefficient (Wildman–Crippen LogP) is 3.11. The van der Waals surface area contributed by atoms with E-state index in [9.17, 15) is 18.0 Å². The van der Waals surface area contributed by atoms with Gasteiger partial charge in [-0.05, 0) is 50.5 Å². The van der Waals surface area contributed by atoms with Crippen LogP contribution in [0.4, 0.5) is 0 Å². The van der Waals surface area contributed by atoms with Crippen molar-refractivity contribution in [1.29, 1.82) is 0 Å². The first-order valence-corrected chi connectivity index (χ1v) is 10.7. The van der Waals surface area contributed by atoms with Crippen LogP contribution in [0.1, 0.15) is 52.9 Å². The van der Waals surface area contributed by atoms with Crippen molar-refractivity contribution in [3.05, 3.63) is 64.7 Å². The summed E-state index contributed by atoms with van der Waals surface area (Å²) in [5.41, 5.74) is 3.47. The predicted molar refractivity (Wildman–Crippen MR) is 106 cm³/mol. The van der Waals surface area contributed by atoms with Crippen LogP contribution in [0, 0.1) is 13.8 Å². The lowest BCUT2D eigenvalue weighted by molar-refractivity contribution is -0.121. The first-order valence-electron chi connectivity index (χ1n) is 9.24. The molecule has 0 aromatic heterocycles. The van der Waals surface area contributed by atoms with Crippen molar-refractivity contribution in [2.24, 2.45) is 0 Å². The summed E-state index contributed by atoms with van der Waals surface area (Å²) in [6.07, 6.45) is 0.412. The van der Waals surface area contributed by atoms with Crippen molar-refractivity contribution >= 4 is 21.8 Å². The van der Waals surface area contributed by atoms with Crippen molar-refractivity contribution in [2.75, 3.05) is 6.54 Å². The zero-order valence-electron chi connectivity index (χ0n) is 16.2. The monoisotopic (exact) mass is 400 g/mol. The molecule has 148 valence electrons. The Morgan fingerprint density at radius 2 is 1.86 bits per heavy atom. The molecule has 0 spiro atoms. The van der Waals surface area contributed by atoms with Gasteiger partial charge in [-0.2, -0.15) is 0 Å². The Labute approximate surface area is 165 Å². The number of sulfonamides is 1. The molecule has 0 bridgehead atoms. The fourth-order valence-corrected chi connectivity index (χ4v) is 5.06. The molecule has 3 rings (SSSR count). The Kier molecular flexibility index (Phi) is 5.56. The number of hydrogen-bond donors (Lipinski definition) is 1. The lowest BCUT2D eigenvalue weighted by Gasteiger charge is -2.18. The highest BCUT2D eigenvalue weighted by atomic mass is 32.2. The van der Waals surface area contributed by atoms with E-state index in [1.807, 2.05) is 39.0 Å². The number of benzene rings is 2. The van der Waals surface area contributed by atoms with Gasteiger partial charge < -0.3 is 5.32 Å². The summed E-state index contributed by atoms with van der Waals surface area (Å²) in [5, 5.41) is 2.95. The number of rotatable bonds is 6. The Balaban J connectivity index is 1.58. The highest BCUT2D eigenvalue weighted by Crippen LogP contribution is 2.30. The quantitative estimate of drug-likeness (QED) is 0.808. The van der Waals surface area contributed by atoms with Crippen LogP contribution in [-0.2, 0) is 14.8 Å². The van der Waals surface area contributed by atoms with E-state index in [0.717, 1.165) is 21.0 Å². The average molecular weight is 401 g/mol. The number of carbonyl (C=O) groups is 2. The van der Waals surface area contributed by atoms with E-state index in [0.29, 0.717) is 0 Å². The molecule has 1 aliphatic rings. The molecule has 2 aromatic carbocycles. The number of nitrogens with zero attached hydrogens (tertiary/aromatic N) is 1. The third-order valence-electron chi connectivity index (χ3n) is 4.96. The maximum absolute atomic E-state index is 12.5.